The van der Waals surface area contributed by atoms with Gasteiger partial charge in [-0.25, -0.2) is 9.78 Å². The summed E-state index contributed by atoms with van der Waals surface area (Å²) in [5, 5.41) is 10.7. The van der Waals surface area contributed by atoms with Gasteiger partial charge in [0.2, 0.25) is 5.75 Å². The average molecular weight is 392 g/mol. The lowest BCUT2D eigenvalue weighted by Crippen LogP contribution is -2.20. The van der Waals surface area contributed by atoms with Crippen LogP contribution in [-0.2, 0) is 4.74 Å². The van der Waals surface area contributed by atoms with Crippen molar-refractivity contribution in [2.24, 2.45) is 0 Å². The molecule has 0 spiro atoms. The van der Waals surface area contributed by atoms with Crippen molar-refractivity contribution in [1.29, 1.82) is 0 Å². The van der Waals surface area contributed by atoms with Crippen molar-refractivity contribution < 1.29 is 32.4 Å². The molecule has 0 aliphatic rings. The number of halogens is 4. The summed E-state index contributed by atoms with van der Waals surface area (Å²) < 4.78 is 43.7. The van der Waals surface area contributed by atoms with Crippen molar-refractivity contribution in [3.63, 3.8) is 0 Å². The van der Waals surface area contributed by atoms with E-state index in [1.807, 2.05) is 0 Å². The minimum Gasteiger partial charge on any atom is -0.464 e. The second-order valence-corrected chi connectivity index (χ2v) is 3.96. The summed E-state index contributed by atoms with van der Waals surface area (Å²) in [6.45, 7) is 0. The summed E-state index contributed by atoms with van der Waals surface area (Å²) in [7, 11) is 1.00. The number of hydrogen-bond acceptors (Lipinski definition) is 6. The smallest absolute Gasteiger partial charge is 0.464 e. The predicted molar refractivity (Wildman–Crippen MR) is 61.6 cm³/mol. The van der Waals surface area contributed by atoms with Crippen molar-refractivity contribution in [2.75, 3.05) is 7.11 Å². The van der Waals surface area contributed by atoms with E-state index in [2.05, 4.69) is 14.5 Å². The van der Waals surface area contributed by atoms with Crippen LogP contribution in [0.3, 0.4) is 0 Å². The molecule has 0 fully saturated rings. The molecule has 0 aliphatic carbocycles. The zero-order valence-corrected chi connectivity index (χ0v) is 11.2. The minimum atomic E-state index is -5.11. The lowest BCUT2D eigenvalue weighted by molar-refractivity contribution is -0.388. The largest absolute Gasteiger partial charge is 0.573 e. The molecule has 0 amide bonds. The number of alkyl halides is 3. The highest BCUT2D eigenvalue weighted by atomic mass is 127. The normalized spacial score (nSPS) is 11.0. The van der Waals surface area contributed by atoms with E-state index in [1.165, 1.54) is 22.6 Å². The van der Waals surface area contributed by atoms with Gasteiger partial charge in [-0.15, -0.1) is 13.2 Å². The first-order chi connectivity index (χ1) is 8.65. The van der Waals surface area contributed by atoms with E-state index in [0.717, 1.165) is 7.11 Å². The van der Waals surface area contributed by atoms with Crippen molar-refractivity contribution in [3.8, 4) is 5.75 Å². The van der Waals surface area contributed by atoms with E-state index in [-0.39, 0.29) is 0 Å². The molecule has 7 nitrogen and oxygen atoms in total. The van der Waals surface area contributed by atoms with Crippen molar-refractivity contribution >= 4 is 34.2 Å². The SMILES string of the molecule is COC(=O)c1cc([N+](=O)[O-])c(OC(F)(F)F)c(I)n1. The molecule has 0 radical (unpaired) electrons. The number of aromatic nitrogens is 1. The van der Waals surface area contributed by atoms with Crippen LogP contribution in [0, 0.1) is 13.8 Å². The van der Waals surface area contributed by atoms with Gasteiger partial charge in [-0.3, -0.25) is 10.1 Å². The number of methoxy groups -OCH3 is 1. The second-order valence-electron chi connectivity index (χ2n) is 2.94. The van der Waals surface area contributed by atoms with Crippen LogP contribution in [-0.4, -0.2) is 29.3 Å². The Balaban J connectivity index is 3.39. The quantitative estimate of drug-likeness (QED) is 0.258. The van der Waals surface area contributed by atoms with E-state index in [9.17, 15) is 28.1 Å². The van der Waals surface area contributed by atoms with Crippen LogP contribution in [0.15, 0.2) is 6.07 Å². The summed E-state index contributed by atoms with van der Waals surface area (Å²) in [6, 6.07) is 0.551. The monoisotopic (exact) mass is 392 g/mol. The Bertz CT molecular complexity index is 534. The molecule has 0 saturated carbocycles. The molecule has 1 aromatic heterocycles. The molecule has 0 aromatic carbocycles. The van der Waals surface area contributed by atoms with Gasteiger partial charge < -0.3 is 9.47 Å². The van der Waals surface area contributed by atoms with Crippen LogP contribution in [0.25, 0.3) is 0 Å². The van der Waals surface area contributed by atoms with Gasteiger partial charge in [0.15, 0.2) is 9.39 Å². The number of hydrogen-bond donors (Lipinski definition) is 0. The Labute approximate surface area is 117 Å². The number of ether oxygens (including phenoxy) is 2. The van der Waals surface area contributed by atoms with Crippen LogP contribution >= 0.6 is 22.6 Å². The molecule has 0 bridgehead atoms. The third-order valence-corrected chi connectivity index (χ3v) is 2.45. The maximum atomic E-state index is 12.1. The summed E-state index contributed by atoms with van der Waals surface area (Å²) in [5.74, 6) is -2.09. The van der Waals surface area contributed by atoms with Crippen molar-refractivity contribution in [2.45, 2.75) is 6.36 Å². The van der Waals surface area contributed by atoms with E-state index >= 15 is 0 Å². The Kier molecular flexibility index (Phi) is 4.49. The van der Waals surface area contributed by atoms with E-state index in [4.69, 9.17) is 0 Å². The Morgan fingerprint density at radius 3 is 2.53 bits per heavy atom. The van der Waals surface area contributed by atoms with E-state index in [1.54, 1.807) is 0 Å². The number of pyridine rings is 1. The Morgan fingerprint density at radius 2 is 2.11 bits per heavy atom. The molecule has 1 aromatic rings. The first kappa shape index (κ1) is 15.4. The van der Waals surface area contributed by atoms with Crippen LogP contribution in [0.4, 0.5) is 18.9 Å². The summed E-state index contributed by atoms with van der Waals surface area (Å²) >= 11 is 1.29. The number of nitro groups is 1. The lowest BCUT2D eigenvalue weighted by atomic mass is 10.3. The average Bonchev–Trinajstić information content (AvgIpc) is 2.28. The van der Waals surface area contributed by atoms with Crippen LogP contribution in [0.2, 0.25) is 0 Å². The maximum Gasteiger partial charge on any atom is 0.573 e. The van der Waals surface area contributed by atoms with Gasteiger partial charge in [0.05, 0.1) is 18.1 Å². The minimum absolute atomic E-state index is 0.482. The number of esters is 1. The standard InChI is InChI=1S/C8H4F3IN2O5/c1-18-7(15)3-2-4(14(16)17)5(6(12)13-3)19-8(9,10)11/h2H,1H3. The number of rotatable bonds is 3. The van der Waals surface area contributed by atoms with Crippen molar-refractivity contribution in [1.82, 2.24) is 4.98 Å². The molecule has 0 N–H and O–H groups in total. The number of carbonyl (C=O) groups excluding carboxylic acids is 1. The van der Waals surface area contributed by atoms with Gasteiger partial charge in [0.25, 0.3) is 0 Å². The molecule has 0 unspecified atom stereocenters. The Morgan fingerprint density at radius 1 is 1.53 bits per heavy atom. The molecule has 19 heavy (non-hydrogen) atoms. The van der Waals surface area contributed by atoms with Crippen LogP contribution < -0.4 is 4.74 Å². The summed E-state index contributed by atoms with van der Waals surface area (Å²) in [6.07, 6.45) is -5.11. The third-order valence-electron chi connectivity index (χ3n) is 1.72. The molecule has 0 aliphatic heterocycles. The number of nitrogens with zero attached hydrogens (tertiary/aromatic N) is 2. The fourth-order valence-corrected chi connectivity index (χ4v) is 1.69. The zero-order chi connectivity index (χ0) is 14.8. The molecule has 1 rings (SSSR count). The summed E-state index contributed by atoms with van der Waals surface area (Å²) in [5.41, 5.74) is -1.52. The van der Waals surface area contributed by atoms with E-state index in [0.29, 0.717) is 6.07 Å². The topological polar surface area (TPSA) is 91.6 Å². The van der Waals surface area contributed by atoms with Crippen LogP contribution in [0.1, 0.15) is 10.5 Å². The zero-order valence-electron chi connectivity index (χ0n) is 9.02. The second kappa shape index (κ2) is 5.54. The first-order valence-electron chi connectivity index (χ1n) is 4.34. The molecule has 11 heteroatoms. The van der Waals surface area contributed by atoms with Gasteiger partial charge in [0.1, 0.15) is 0 Å². The fraction of sp³-hybridized carbons (Fsp3) is 0.250. The highest BCUT2D eigenvalue weighted by Crippen LogP contribution is 2.35. The van der Waals surface area contributed by atoms with E-state index < -0.39 is 38.1 Å². The highest BCUT2D eigenvalue weighted by Gasteiger charge is 2.37. The molecule has 0 saturated heterocycles. The van der Waals surface area contributed by atoms with Crippen molar-refractivity contribution in [3.05, 3.63) is 25.6 Å². The highest BCUT2D eigenvalue weighted by molar-refractivity contribution is 14.1. The molecular weight excluding hydrogens is 388 g/mol. The first-order valence-corrected chi connectivity index (χ1v) is 5.42. The van der Waals surface area contributed by atoms with Gasteiger partial charge in [-0.05, 0) is 22.6 Å². The molecule has 1 heterocycles. The Hall–Kier alpha value is -1.66. The van der Waals surface area contributed by atoms with Gasteiger partial charge in [0, 0.05) is 0 Å². The molecule has 0 atom stereocenters. The third kappa shape index (κ3) is 3.90. The molecule has 104 valence electrons. The fourth-order valence-electron chi connectivity index (χ4n) is 1.04. The number of carbonyl (C=O) groups is 1. The van der Waals surface area contributed by atoms with Crippen LogP contribution in [0.5, 0.6) is 5.75 Å². The maximum absolute atomic E-state index is 12.1. The predicted octanol–water partition coefficient (Wildman–Crippen LogP) is 2.28. The molecular formula is C8H4F3IN2O5. The lowest BCUT2D eigenvalue weighted by Gasteiger charge is -2.10. The summed E-state index contributed by atoms with van der Waals surface area (Å²) in [4.78, 5) is 24.2. The van der Waals surface area contributed by atoms with Gasteiger partial charge >= 0.3 is 18.0 Å². The van der Waals surface area contributed by atoms with Gasteiger partial charge in [-0.1, -0.05) is 0 Å². The van der Waals surface area contributed by atoms with Gasteiger partial charge in [-0.2, -0.15) is 0 Å².